The molecule has 0 aromatic carbocycles. The van der Waals surface area contributed by atoms with Gasteiger partial charge < -0.3 is 9.80 Å². The molecule has 0 aromatic rings. The molecular formula is C9H14N2O2. The monoisotopic (exact) mass is 182 g/mol. The molecule has 2 fully saturated rings. The second kappa shape index (κ2) is 2.72. The van der Waals surface area contributed by atoms with Crippen LogP contribution < -0.4 is 0 Å². The Morgan fingerprint density at radius 3 is 1.62 bits per heavy atom. The second-order valence-corrected chi connectivity index (χ2v) is 3.89. The van der Waals surface area contributed by atoms with E-state index in [2.05, 4.69) is 0 Å². The molecule has 0 N–H and O–H groups in total. The molecule has 2 aliphatic heterocycles. The number of hydrogen-bond donors (Lipinski definition) is 0. The normalized spacial score (nSPS) is 31.2. The Morgan fingerprint density at radius 2 is 1.38 bits per heavy atom. The van der Waals surface area contributed by atoms with Gasteiger partial charge in [0.05, 0.1) is 12.1 Å². The number of hydrogen-bond acceptors (Lipinski definition) is 2. The Bertz CT molecular complexity index is 238. The summed E-state index contributed by atoms with van der Waals surface area (Å²) in [5.41, 5.74) is 0. The molecule has 2 heterocycles. The fraction of sp³-hybridized carbons (Fsp3) is 0.778. The SMILES string of the molecule is CC(=O)N1C[C@H]2C[C@@H]1CN2C(C)=O. The molecule has 13 heavy (non-hydrogen) atoms. The zero-order chi connectivity index (χ0) is 9.59. The van der Waals surface area contributed by atoms with Crippen LogP contribution in [0.3, 0.4) is 0 Å². The predicted molar refractivity (Wildman–Crippen MR) is 47.0 cm³/mol. The van der Waals surface area contributed by atoms with Gasteiger partial charge in [-0.15, -0.1) is 0 Å². The van der Waals surface area contributed by atoms with Crippen LogP contribution in [0.5, 0.6) is 0 Å². The van der Waals surface area contributed by atoms with E-state index < -0.39 is 0 Å². The molecule has 0 spiro atoms. The van der Waals surface area contributed by atoms with Gasteiger partial charge in [0.1, 0.15) is 0 Å². The van der Waals surface area contributed by atoms with Crippen LogP contribution in [0.15, 0.2) is 0 Å². The van der Waals surface area contributed by atoms with Crippen LogP contribution in [0.25, 0.3) is 0 Å². The maximum absolute atomic E-state index is 11.1. The average molecular weight is 182 g/mol. The molecule has 0 radical (unpaired) electrons. The molecule has 0 aromatic heterocycles. The predicted octanol–water partition coefficient (Wildman–Crippen LogP) is -0.162. The first-order valence-electron chi connectivity index (χ1n) is 4.64. The molecule has 2 amide bonds. The summed E-state index contributed by atoms with van der Waals surface area (Å²) in [6.45, 7) is 4.66. The molecule has 2 rings (SSSR count). The van der Waals surface area contributed by atoms with Gasteiger partial charge in [-0.05, 0) is 6.42 Å². The summed E-state index contributed by atoms with van der Waals surface area (Å²) in [4.78, 5) is 26.0. The van der Waals surface area contributed by atoms with Crippen LogP contribution in [-0.4, -0.2) is 46.8 Å². The maximum atomic E-state index is 11.1. The zero-order valence-corrected chi connectivity index (χ0v) is 7.99. The number of fused-ring (bicyclic) bond motifs is 2. The van der Waals surface area contributed by atoms with E-state index in [4.69, 9.17) is 0 Å². The number of amides is 2. The van der Waals surface area contributed by atoms with Crippen LogP contribution in [0.2, 0.25) is 0 Å². The van der Waals surface area contributed by atoms with E-state index in [-0.39, 0.29) is 23.9 Å². The number of likely N-dealkylation sites (tertiary alicyclic amines) is 2. The van der Waals surface area contributed by atoms with Gasteiger partial charge in [-0.25, -0.2) is 0 Å². The number of nitrogens with zero attached hydrogens (tertiary/aromatic N) is 2. The lowest BCUT2D eigenvalue weighted by Gasteiger charge is -2.33. The lowest BCUT2D eigenvalue weighted by Crippen LogP contribution is -2.49. The molecule has 4 nitrogen and oxygen atoms in total. The van der Waals surface area contributed by atoms with Crippen molar-refractivity contribution in [2.24, 2.45) is 0 Å². The van der Waals surface area contributed by atoms with E-state index in [0.717, 1.165) is 19.5 Å². The van der Waals surface area contributed by atoms with Gasteiger partial charge in [-0.2, -0.15) is 0 Å². The summed E-state index contributed by atoms with van der Waals surface area (Å²) in [6.07, 6.45) is 0.971. The summed E-state index contributed by atoms with van der Waals surface area (Å²) in [5, 5.41) is 0. The highest BCUT2D eigenvalue weighted by atomic mass is 16.2. The lowest BCUT2D eigenvalue weighted by molar-refractivity contribution is -0.137. The molecule has 0 saturated carbocycles. The van der Waals surface area contributed by atoms with Crippen molar-refractivity contribution in [3.63, 3.8) is 0 Å². The third-order valence-electron chi connectivity index (χ3n) is 3.05. The number of carbonyl (C=O) groups excluding carboxylic acids is 2. The number of piperazine rings is 1. The van der Waals surface area contributed by atoms with E-state index >= 15 is 0 Å². The second-order valence-electron chi connectivity index (χ2n) is 3.89. The minimum atomic E-state index is 0.135. The first-order valence-corrected chi connectivity index (χ1v) is 4.64. The van der Waals surface area contributed by atoms with Gasteiger partial charge in [0.2, 0.25) is 11.8 Å². The minimum absolute atomic E-state index is 0.135. The quantitative estimate of drug-likeness (QED) is 0.522. The highest BCUT2D eigenvalue weighted by molar-refractivity contribution is 5.77. The smallest absolute Gasteiger partial charge is 0.219 e. The van der Waals surface area contributed by atoms with Crippen molar-refractivity contribution < 1.29 is 9.59 Å². The Morgan fingerprint density at radius 1 is 1.00 bits per heavy atom. The van der Waals surface area contributed by atoms with Crippen LogP contribution in [-0.2, 0) is 9.59 Å². The van der Waals surface area contributed by atoms with Gasteiger partial charge >= 0.3 is 0 Å². The Balaban J connectivity index is 2.07. The van der Waals surface area contributed by atoms with Crippen molar-refractivity contribution in [3.8, 4) is 0 Å². The van der Waals surface area contributed by atoms with Gasteiger partial charge in [0.15, 0.2) is 0 Å². The molecule has 2 bridgehead atoms. The largest absolute Gasteiger partial charge is 0.336 e. The Kier molecular flexibility index (Phi) is 1.78. The number of carbonyl (C=O) groups is 2. The first-order chi connectivity index (χ1) is 6.09. The molecule has 2 saturated heterocycles. The first kappa shape index (κ1) is 8.53. The van der Waals surface area contributed by atoms with Crippen molar-refractivity contribution in [2.75, 3.05) is 13.1 Å². The summed E-state index contributed by atoms with van der Waals surface area (Å²) in [7, 11) is 0. The average Bonchev–Trinajstić information content (AvgIpc) is 2.60. The van der Waals surface area contributed by atoms with E-state index in [9.17, 15) is 9.59 Å². The fourth-order valence-electron chi connectivity index (χ4n) is 2.44. The molecule has 0 aliphatic carbocycles. The van der Waals surface area contributed by atoms with E-state index in [1.165, 1.54) is 0 Å². The minimum Gasteiger partial charge on any atom is -0.336 e. The van der Waals surface area contributed by atoms with Gasteiger partial charge in [-0.1, -0.05) is 0 Å². The highest BCUT2D eigenvalue weighted by Crippen LogP contribution is 2.30. The topological polar surface area (TPSA) is 40.6 Å². The molecule has 2 aliphatic rings. The third-order valence-corrected chi connectivity index (χ3v) is 3.05. The van der Waals surface area contributed by atoms with Crippen molar-refractivity contribution in [2.45, 2.75) is 32.4 Å². The van der Waals surface area contributed by atoms with Crippen LogP contribution in [0, 0.1) is 0 Å². The van der Waals surface area contributed by atoms with Crippen LogP contribution in [0.1, 0.15) is 20.3 Å². The van der Waals surface area contributed by atoms with Crippen molar-refractivity contribution in [1.29, 1.82) is 0 Å². The van der Waals surface area contributed by atoms with E-state index in [0.29, 0.717) is 0 Å². The van der Waals surface area contributed by atoms with Gasteiger partial charge in [-0.3, -0.25) is 9.59 Å². The maximum Gasteiger partial charge on any atom is 0.219 e. The van der Waals surface area contributed by atoms with Crippen molar-refractivity contribution >= 4 is 11.8 Å². The van der Waals surface area contributed by atoms with Crippen molar-refractivity contribution in [3.05, 3.63) is 0 Å². The molecule has 0 unspecified atom stereocenters. The highest BCUT2D eigenvalue weighted by Gasteiger charge is 2.45. The third kappa shape index (κ3) is 1.20. The summed E-state index contributed by atoms with van der Waals surface area (Å²) < 4.78 is 0. The van der Waals surface area contributed by atoms with E-state index in [1.807, 2.05) is 9.80 Å². The standard InChI is InChI=1S/C9H14N2O2/c1-6(12)10-4-9-3-8(10)5-11(9)7(2)13/h8-9H,3-5H2,1-2H3/t8-,9-/m1/s1. The Hall–Kier alpha value is -1.06. The molecule has 4 heteroatoms. The molecular weight excluding hydrogens is 168 g/mol. The fourth-order valence-corrected chi connectivity index (χ4v) is 2.44. The lowest BCUT2D eigenvalue weighted by atomic mass is 10.2. The summed E-state index contributed by atoms with van der Waals surface area (Å²) in [5.74, 6) is 0.270. The van der Waals surface area contributed by atoms with Crippen molar-refractivity contribution in [1.82, 2.24) is 9.80 Å². The summed E-state index contributed by atoms with van der Waals surface area (Å²) in [6, 6.07) is 0.567. The molecule has 2 atom stereocenters. The summed E-state index contributed by atoms with van der Waals surface area (Å²) >= 11 is 0. The zero-order valence-electron chi connectivity index (χ0n) is 7.99. The van der Waals surface area contributed by atoms with Crippen LogP contribution in [0.4, 0.5) is 0 Å². The molecule has 72 valence electrons. The van der Waals surface area contributed by atoms with Crippen LogP contribution >= 0.6 is 0 Å². The van der Waals surface area contributed by atoms with E-state index in [1.54, 1.807) is 13.8 Å². The number of rotatable bonds is 0. The Labute approximate surface area is 77.5 Å². The van der Waals surface area contributed by atoms with Gasteiger partial charge in [0, 0.05) is 26.9 Å². The van der Waals surface area contributed by atoms with Gasteiger partial charge in [0.25, 0.3) is 0 Å².